The fourth-order valence-electron chi connectivity index (χ4n) is 16.9. The van der Waals surface area contributed by atoms with Crippen LogP contribution >= 0.6 is 0 Å². The molecule has 1 N–H and O–H groups in total. The van der Waals surface area contributed by atoms with Gasteiger partial charge in [-0.25, -0.2) is 0 Å². The first-order valence-electron chi connectivity index (χ1n) is 23.3. The molecule has 0 aromatic rings. The van der Waals surface area contributed by atoms with Crippen LogP contribution < -0.4 is 0 Å². The first-order chi connectivity index (χ1) is 28.4. The van der Waals surface area contributed by atoms with E-state index in [1.54, 1.807) is 20.8 Å². The van der Waals surface area contributed by atoms with Crippen molar-refractivity contribution in [1.29, 1.82) is 0 Å². The highest BCUT2D eigenvalue weighted by molar-refractivity contribution is 6.00. The SMILES string of the molecule is C.C.C.C.C.C.C.C.CC1C(=O)OC(=O)C1C(C)(CC(C)(CC1C(C)C2CC1C1COC(=O)C21)C(=O)OC12CC3CC(O)(C1)CC(C(=O)OC(C)(C)C)(C3)C2)C(=O)OC12CC3CC(C1)C(=O)C(C3)C2. The molecule has 10 bridgehead atoms. The van der Waals surface area contributed by atoms with Crippen molar-refractivity contribution >= 4 is 41.6 Å². The normalized spacial score (nSPS) is 42.5. The zero-order valence-electron chi connectivity index (χ0n) is 36.9. The van der Waals surface area contributed by atoms with Gasteiger partial charge in [0.2, 0.25) is 0 Å². The zero-order valence-corrected chi connectivity index (χ0v) is 36.9. The highest BCUT2D eigenvalue weighted by atomic mass is 16.6. The standard InChI is InChI=1S/C48H64O13.8CH4/c1-23-29-10-30(32-18-57-37(51)33(29)32)31(23)17-43(6,39(53)60-48-14-26-11-45(21-48,20-46(56,12-26)22-48)41(55)59-42(3,4)5)19-44(7,34-24(2)36(50)58-38(34)52)40(54)61-47-13-25-8-27(15-47)35(49)28(9-25)16-47;;;;;;;;/h23-34,56H,8-22H2,1-7H3;8*1H4. The third-order valence-electron chi connectivity index (χ3n) is 18.4. The van der Waals surface area contributed by atoms with Gasteiger partial charge in [-0.1, -0.05) is 73.3 Å². The first-order valence-corrected chi connectivity index (χ1v) is 23.3. The van der Waals surface area contributed by atoms with Crippen LogP contribution in [0.4, 0.5) is 0 Å². The van der Waals surface area contributed by atoms with Crippen molar-refractivity contribution in [3.63, 3.8) is 0 Å². The lowest BCUT2D eigenvalue weighted by molar-refractivity contribution is -0.254. The van der Waals surface area contributed by atoms with Crippen LogP contribution in [0.5, 0.6) is 0 Å². The maximum atomic E-state index is 15.7. The second-order valence-electron chi connectivity index (χ2n) is 24.2. The van der Waals surface area contributed by atoms with Gasteiger partial charge in [-0.3, -0.25) is 33.6 Å². The molecule has 0 amide bonds. The Morgan fingerprint density at radius 3 is 1.83 bits per heavy atom. The van der Waals surface area contributed by atoms with Gasteiger partial charge in [-0.2, -0.15) is 0 Å². The molecule has 0 aromatic carbocycles. The van der Waals surface area contributed by atoms with E-state index in [1.807, 2.05) is 20.8 Å². The molecule has 12 aliphatic rings. The number of hydrogen-bond donors (Lipinski definition) is 1. The number of rotatable bonds is 10. The molecule has 2 aliphatic heterocycles. The summed E-state index contributed by atoms with van der Waals surface area (Å²) in [5.74, 6) is -5.66. The van der Waals surface area contributed by atoms with E-state index in [-0.39, 0.29) is 162 Å². The number of aliphatic hydroxyl groups is 1. The molecule has 16 unspecified atom stereocenters. The lowest BCUT2D eigenvalue weighted by Gasteiger charge is -2.63. The lowest BCUT2D eigenvalue weighted by Crippen LogP contribution is -2.67. The lowest BCUT2D eigenvalue weighted by atomic mass is 9.46. The number of cyclic esters (lactones) is 3. The second kappa shape index (κ2) is 19.6. The van der Waals surface area contributed by atoms with Crippen LogP contribution in [-0.4, -0.2) is 75.7 Å². The summed E-state index contributed by atoms with van der Waals surface area (Å²) in [5.41, 5.74) is -8.30. The molecule has 13 heteroatoms. The predicted octanol–water partition coefficient (Wildman–Crippen LogP) is 10.9. The number of ether oxygens (including phenoxy) is 5. The molecule has 0 radical (unpaired) electrons. The van der Waals surface area contributed by atoms with E-state index in [0.717, 1.165) is 19.3 Å². The number of esters is 6. The second-order valence-corrected chi connectivity index (χ2v) is 24.2. The molecule has 69 heavy (non-hydrogen) atoms. The van der Waals surface area contributed by atoms with Gasteiger partial charge in [0.05, 0.1) is 46.2 Å². The van der Waals surface area contributed by atoms with Crippen molar-refractivity contribution in [2.45, 2.75) is 220 Å². The Bertz CT molecular complexity index is 1990. The molecular formula is C56H96O13. The predicted molar refractivity (Wildman–Crippen MR) is 266 cm³/mol. The van der Waals surface area contributed by atoms with Crippen LogP contribution in [0, 0.1) is 87.3 Å². The van der Waals surface area contributed by atoms with E-state index in [9.17, 15) is 29.1 Å². The molecule has 13 nitrogen and oxygen atoms in total. The average molecular weight is 977 g/mol. The molecule has 2 heterocycles. The molecule has 12 rings (SSSR count). The van der Waals surface area contributed by atoms with E-state index in [2.05, 4.69) is 6.92 Å². The summed E-state index contributed by atoms with van der Waals surface area (Å²) in [5, 5.41) is 12.1. The fourth-order valence-corrected chi connectivity index (χ4v) is 16.9. The zero-order chi connectivity index (χ0) is 43.6. The Labute approximate surface area is 416 Å². The molecular weight excluding hydrogens is 881 g/mol. The molecule has 398 valence electrons. The van der Waals surface area contributed by atoms with Crippen LogP contribution in [0.25, 0.3) is 0 Å². The van der Waals surface area contributed by atoms with Gasteiger partial charge in [0, 0.05) is 30.6 Å². The van der Waals surface area contributed by atoms with Crippen LogP contribution in [0.15, 0.2) is 0 Å². The summed E-state index contributed by atoms with van der Waals surface area (Å²) in [6.45, 7) is 12.9. The van der Waals surface area contributed by atoms with E-state index in [0.29, 0.717) is 45.1 Å². The molecule has 10 aliphatic carbocycles. The number of ketones is 1. The van der Waals surface area contributed by atoms with Crippen molar-refractivity contribution < 1.29 is 62.4 Å². The van der Waals surface area contributed by atoms with Crippen molar-refractivity contribution in [1.82, 2.24) is 0 Å². The molecule has 16 atom stereocenters. The Morgan fingerprint density at radius 2 is 1.26 bits per heavy atom. The average Bonchev–Trinajstić information content (AvgIpc) is 3.85. The Hall–Kier alpha value is -3.35. The smallest absolute Gasteiger partial charge is 0.318 e. The summed E-state index contributed by atoms with van der Waals surface area (Å²) >= 11 is 0. The van der Waals surface area contributed by atoms with Crippen LogP contribution in [-0.2, 0) is 57.2 Å². The minimum absolute atomic E-state index is 0. The van der Waals surface area contributed by atoms with Crippen LogP contribution in [0.3, 0.4) is 0 Å². The largest absolute Gasteiger partial charge is 0.465 e. The molecule has 0 spiro atoms. The highest BCUT2D eigenvalue weighted by Crippen LogP contribution is 2.67. The summed E-state index contributed by atoms with van der Waals surface area (Å²) in [6, 6.07) is 0. The maximum Gasteiger partial charge on any atom is 0.318 e. The topological polar surface area (TPSA) is 186 Å². The quantitative estimate of drug-likeness (QED) is 0.124. The summed E-state index contributed by atoms with van der Waals surface area (Å²) in [4.78, 5) is 98.1. The van der Waals surface area contributed by atoms with Gasteiger partial charge in [-0.15, -0.1) is 0 Å². The van der Waals surface area contributed by atoms with E-state index >= 15 is 9.59 Å². The van der Waals surface area contributed by atoms with E-state index < -0.39 is 80.3 Å². The third-order valence-corrected chi connectivity index (χ3v) is 18.4. The van der Waals surface area contributed by atoms with Crippen molar-refractivity contribution in [3.8, 4) is 0 Å². The number of carbonyl (C=O) groups excluding carboxylic acids is 7. The van der Waals surface area contributed by atoms with Crippen molar-refractivity contribution in [2.24, 2.45) is 87.3 Å². The summed E-state index contributed by atoms with van der Waals surface area (Å²) in [7, 11) is 0. The minimum atomic E-state index is -1.74. The highest BCUT2D eigenvalue weighted by Gasteiger charge is 2.70. The van der Waals surface area contributed by atoms with E-state index in [4.69, 9.17) is 23.7 Å². The first kappa shape index (κ1) is 61.8. The van der Waals surface area contributed by atoms with Crippen molar-refractivity contribution in [3.05, 3.63) is 0 Å². The Morgan fingerprint density at radius 1 is 0.667 bits per heavy atom. The number of hydrogen-bond acceptors (Lipinski definition) is 13. The summed E-state index contributed by atoms with van der Waals surface area (Å²) < 4.78 is 30.3. The Kier molecular flexibility index (Phi) is 17.5. The van der Waals surface area contributed by atoms with Gasteiger partial charge in [0.25, 0.3) is 0 Å². The van der Waals surface area contributed by atoms with Gasteiger partial charge in [0.15, 0.2) is 0 Å². The van der Waals surface area contributed by atoms with Gasteiger partial charge < -0.3 is 28.8 Å². The monoisotopic (exact) mass is 977 g/mol. The molecule has 12 fully saturated rings. The third kappa shape index (κ3) is 9.47. The number of carbonyl (C=O) groups is 7. The summed E-state index contributed by atoms with van der Waals surface area (Å²) in [6.07, 6.45) is 6.00. The van der Waals surface area contributed by atoms with Crippen LogP contribution in [0.2, 0.25) is 0 Å². The molecule has 0 aromatic heterocycles. The minimum Gasteiger partial charge on any atom is -0.465 e. The number of fused-ring (bicyclic) bond motifs is 5. The van der Waals surface area contributed by atoms with Gasteiger partial charge in [0.1, 0.15) is 22.6 Å². The van der Waals surface area contributed by atoms with Gasteiger partial charge >= 0.3 is 35.8 Å². The van der Waals surface area contributed by atoms with E-state index in [1.165, 1.54) is 0 Å². The molecule has 2 saturated heterocycles. The van der Waals surface area contributed by atoms with Gasteiger partial charge in [-0.05, 0) is 147 Å². The maximum absolute atomic E-state index is 15.7. The fraction of sp³-hybridized carbons (Fsp3) is 0.875. The van der Waals surface area contributed by atoms with Crippen molar-refractivity contribution in [2.75, 3.05) is 6.61 Å². The molecule has 10 saturated carbocycles. The number of Topliss-reactive ketones (excluding diaryl/α,β-unsaturated/α-hetero) is 1. The van der Waals surface area contributed by atoms with Crippen LogP contribution in [0.1, 0.15) is 198 Å². The Balaban J connectivity index is 0.00000204.